The predicted molar refractivity (Wildman–Crippen MR) is 99.9 cm³/mol. The van der Waals surface area contributed by atoms with Crippen LogP contribution in [0.4, 0.5) is 5.69 Å². The van der Waals surface area contributed by atoms with Gasteiger partial charge in [0, 0.05) is 16.3 Å². The van der Waals surface area contributed by atoms with Crippen molar-refractivity contribution in [2.75, 3.05) is 5.32 Å². The average molecular weight is 372 g/mol. The van der Waals surface area contributed by atoms with Crippen LogP contribution in [0.2, 0.25) is 5.02 Å². The number of hydrogen-bond donors (Lipinski definition) is 2. The van der Waals surface area contributed by atoms with Crippen LogP contribution >= 0.6 is 22.9 Å². The summed E-state index contributed by atoms with van der Waals surface area (Å²) in [5, 5.41) is 3.91. The van der Waals surface area contributed by atoms with Gasteiger partial charge in [-0.2, -0.15) is 0 Å². The summed E-state index contributed by atoms with van der Waals surface area (Å²) >= 11 is 7.02. The first-order valence-corrected chi connectivity index (χ1v) is 8.62. The topological polar surface area (TPSA) is 85.1 Å². The van der Waals surface area contributed by atoms with E-state index >= 15 is 0 Å². The molecular weight excluding hydrogens is 358 g/mol. The number of nitrogens with two attached hydrogens (primary N) is 1. The molecule has 3 N–H and O–H groups in total. The summed E-state index contributed by atoms with van der Waals surface area (Å²) in [5.74, 6) is -0.785. The van der Waals surface area contributed by atoms with Crippen molar-refractivity contribution in [3.63, 3.8) is 0 Å². The summed E-state index contributed by atoms with van der Waals surface area (Å²) in [7, 11) is 0. The van der Waals surface area contributed by atoms with Crippen LogP contribution in [-0.4, -0.2) is 16.8 Å². The minimum absolute atomic E-state index is 0.00126. The molecule has 0 saturated heterocycles. The SMILES string of the molecule is NC(=O)Cc1nc(-c2ccccc2)c(C(=O)Nc2ccc(Cl)cc2)s1. The summed E-state index contributed by atoms with van der Waals surface area (Å²) in [6.07, 6.45) is -0.00126. The molecule has 0 atom stereocenters. The fourth-order valence-corrected chi connectivity index (χ4v) is 3.37. The van der Waals surface area contributed by atoms with E-state index in [0.717, 1.165) is 16.9 Å². The minimum atomic E-state index is -0.488. The van der Waals surface area contributed by atoms with Crippen molar-refractivity contribution in [2.24, 2.45) is 5.73 Å². The molecule has 0 aliphatic rings. The number of carbonyl (C=O) groups excluding carboxylic acids is 2. The standard InChI is InChI=1S/C18H14ClN3O2S/c19-12-6-8-13(9-7-12)21-18(24)17-16(11-4-2-1-3-5-11)22-15(25-17)10-14(20)23/h1-9H,10H2,(H2,20,23)(H,21,24). The number of nitrogens with one attached hydrogen (secondary N) is 1. The second-order valence-electron chi connectivity index (χ2n) is 5.26. The molecule has 1 heterocycles. The molecule has 2 amide bonds. The zero-order valence-electron chi connectivity index (χ0n) is 13.0. The Hall–Kier alpha value is -2.70. The van der Waals surface area contributed by atoms with Gasteiger partial charge in [0.25, 0.3) is 5.91 Å². The first-order chi connectivity index (χ1) is 12.0. The first kappa shape index (κ1) is 17.1. The number of thiazole rings is 1. The number of nitrogens with zero attached hydrogens (tertiary/aromatic N) is 1. The number of carbonyl (C=O) groups is 2. The lowest BCUT2D eigenvalue weighted by atomic mass is 10.1. The van der Waals surface area contributed by atoms with Crippen LogP contribution in [0.5, 0.6) is 0 Å². The van der Waals surface area contributed by atoms with E-state index in [1.807, 2.05) is 30.3 Å². The van der Waals surface area contributed by atoms with Crippen LogP contribution in [0.1, 0.15) is 14.7 Å². The number of halogens is 1. The van der Waals surface area contributed by atoms with Crippen LogP contribution in [0.3, 0.4) is 0 Å². The van der Waals surface area contributed by atoms with Crippen molar-refractivity contribution >= 4 is 40.4 Å². The van der Waals surface area contributed by atoms with Gasteiger partial charge < -0.3 is 11.1 Å². The maximum absolute atomic E-state index is 12.7. The van der Waals surface area contributed by atoms with E-state index in [0.29, 0.717) is 26.3 Å². The molecule has 25 heavy (non-hydrogen) atoms. The van der Waals surface area contributed by atoms with Gasteiger partial charge >= 0.3 is 0 Å². The average Bonchev–Trinajstić information content (AvgIpc) is 3.01. The highest BCUT2D eigenvalue weighted by Crippen LogP contribution is 2.29. The molecule has 5 nitrogen and oxygen atoms in total. The summed E-state index contributed by atoms with van der Waals surface area (Å²) in [4.78, 5) is 28.8. The van der Waals surface area contributed by atoms with Gasteiger partial charge in [-0.1, -0.05) is 41.9 Å². The molecule has 0 aliphatic heterocycles. The fraction of sp³-hybridized carbons (Fsp3) is 0.0556. The minimum Gasteiger partial charge on any atom is -0.369 e. The number of hydrogen-bond acceptors (Lipinski definition) is 4. The van der Waals surface area contributed by atoms with Gasteiger partial charge in [0.1, 0.15) is 9.88 Å². The smallest absolute Gasteiger partial charge is 0.268 e. The second-order valence-corrected chi connectivity index (χ2v) is 6.78. The van der Waals surface area contributed by atoms with Crippen molar-refractivity contribution in [3.05, 3.63) is 69.5 Å². The molecular formula is C18H14ClN3O2S. The zero-order chi connectivity index (χ0) is 17.8. The Bertz CT molecular complexity index is 908. The van der Waals surface area contributed by atoms with E-state index in [9.17, 15) is 9.59 Å². The van der Waals surface area contributed by atoms with Crippen molar-refractivity contribution in [2.45, 2.75) is 6.42 Å². The molecule has 1 aromatic heterocycles. The maximum atomic E-state index is 12.7. The molecule has 0 bridgehead atoms. The Kier molecular flexibility index (Phi) is 5.11. The number of anilines is 1. The lowest BCUT2D eigenvalue weighted by Crippen LogP contribution is -2.13. The van der Waals surface area contributed by atoms with E-state index in [1.54, 1.807) is 24.3 Å². The largest absolute Gasteiger partial charge is 0.369 e. The van der Waals surface area contributed by atoms with Gasteiger partial charge in [-0.3, -0.25) is 9.59 Å². The number of benzene rings is 2. The second kappa shape index (κ2) is 7.46. The van der Waals surface area contributed by atoms with Crippen LogP contribution in [0, 0.1) is 0 Å². The number of primary amides is 1. The van der Waals surface area contributed by atoms with Crippen LogP contribution in [0.15, 0.2) is 54.6 Å². The van der Waals surface area contributed by atoms with Crippen LogP contribution in [-0.2, 0) is 11.2 Å². The highest BCUT2D eigenvalue weighted by Gasteiger charge is 2.20. The molecule has 3 aromatic rings. The van der Waals surface area contributed by atoms with Gasteiger partial charge in [0.15, 0.2) is 0 Å². The van der Waals surface area contributed by atoms with Gasteiger partial charge in [-0.25, -0.2) is 4.98 Å². The van der Waals surface area contributed by atoms with Crippen molar-refractivity contribution in [3.8, 4) is 11.3 Å². The molecule has 0 saturated carbocycles. The Morgan fingerprint density at radius 2 is 1.76 bits per heavy atom. The van der Waals surface area contributed by atoms with E-state index in [1.165, 1.54) is 0 Å². The van der Waals surface area contributed by atoms with Crippen molar-refractivity contribution in [1.82, 2.24) is 4.98 Å². The van der Waals surface area contributed by atoms with E-state index in [2.05, 4.69) is 10.3 Å². The first-order valence-electron chi connectivity index (χ1n) is 7.43. The molecule has 2 aromatic carbocycles. The summed E-state index contributed by atoms with van der Waals surface area (Å²) in [5.41, 5.74) is 7.21. The normalized spacial score (nSPS) is 10.4. The molecule has 0 radical (unpaired) electrons. The quantitative estimate of drug-likeness (QED) is 0.716. The van der Waals surface area contributed by atoms with Gasteiger partial charge in [0.05, 0.1) is 12.1 Å². The predicted octanol–water partition coefficient (Wildman–Crippen LogP) is 3.74. The lowest BCUT2D eigenvalue weighted by Gasteiger charge is -2.05. The van der Waals surface area contributed by atoms with E-state index in [4.69, 9.17) is 17.3 Å². The Morgan fingerprint density at radius 1 is 1.08 bits per heavy atom. The maximum Gasteiger partial charge on any atom is 0.268 e. The molecule has 0 aliphatic carbocycles. The monoisotopic (exact) mass is 371 g/mol. The Morgan fingerprint density at radius 3 is 2.40 bits per heavy atom. The third-order valence-electron chi connectivity index (χ3n) is 3.35. The highest BCUT2D eigenvalue weighted by molar-refractivity contribution is 7.14. The number of amides is 2. The third-order valence-corrected chi connectivity index (χ3v) is 4.66. The molecule has 0 unspecified atom stereocenters. The molecule has 126 valence electrons. The highest BCUT2D eigenvalue weighted by atomic mass is 35.5. The Labute approximate surface area is 153 Å². The molecule has 0 spiro atoms. The van der Waals surface area contributed by atoms with Crippen molar-refractivity contribution in [1.29, 1.82) is 0 Å². The summed E-state index contributed by atoms with van der Waals surface area (Å²) in [6.45, 7) is 0. The molecule has 3 rings (SSSR count). The lowest BCUT2D eigenvalue weighted by molar-refractivity contribution is -0.117. The van der Waals surface area contributed by atoms with E-state index < -0.39 is 5.91 Å². The van der Waals surface area contributed by atoms with Gasteiger partial charge in [0.2, 0.25) is 5.91 Å². The Balaban J connectivity index is 1.95. The van der Waals surface area contributed by atoms with Crippen LogP contribution < -0.4 is 11.1 Å². The van der Waals surface area contributed by atoms with Crippen LogP contribution in [0.25, 0.3) is 11.3 Å². The third kappa shape index (κ3) is 4.23. The fourth-order valence-electron chi connectivity index (χ4n) is 2.26. The zero-order valence-corrected chi connectivity index (χ0v) is 14.6. The summed E-state index contributed by atoms with van der Waals surface area (Å²) in [6, 6.07) is 16.2. The molecule has 0 fully saturated rings. The number of aromatic nitrogens is 1. The van der Waals surface area contributed by atoms with Gasteiger partial charge in [-0.05, 0) is 24.3 Å². The summed E-state index contributed by atoms with van der Waals surface area (Å²) < 4.78 is 0. The molecule has 7 heteroatoms. The van der Waals surface area contributed by atoms with Gasteiger partial charge in [-0.15, -0.1) is 11.3 Å². The number of rotatable bonds is 5. The van der Waals surface area contributed by atoms with E-state index in [-0.39, 0.29) is 12.3 Å². The van der Waals surface area contributed by atoms with Crippen molar-refractivity contribution < 1.29 is 9.59 Å².